The molecule has 0 amide bonds. The summed E-state index contributed by atoms with van der Waals surface area (Å²) in [5.41, 5.74) is 5.79. The molecule has 0 unspecified atom stereocenters. The van der Waals surface area contributed by atoms with E-state index in [0.29, 0.717) is 21.5 Å². The summed E-state index contributed by atoms with van der Waals surface area (Å²) < 4.78 is 11.1. The molecule has 0 fully saturated rings. The maximum Gasteiger partial charge on any atom is 0.231 e. The zero-order chi connectivity index (χ0) is 10.1. The summed E-state index contributed by atoms with van der Waals surface area (Å²) in [7, 11) is 0. The Hall–Kier alpha value is -1.07. The Morgan fingerprint density at radius 2 is 2.29 bits per heavy atom. The van der Waals surface area contributed by atoms with E-state index in [9.17, 15) is 4.79 Å². The summed E-state index contributed by atoms with van der Waals surface area (Å²) >= 11 is 3.30. The number of hydrogen-bond acceptors (Lipinski definition) is 4. The summed E-state index contributed by atoms with van der Waals surface area (Å²) in [6, 6.07) is 3.32. The number of ketones is 1. The van der Waals surface area contributed by atoms with E-state index < -0.39 is 0 Å². The Labute approximate surface area is 89.1 Å². The average Bonchev–Trinajstić information content (AvgIpc) is 2.64. The Morgan fingerprint density at radius 1 is 1.50 bits per heavy atom. The topological polar surface area (TPSA) is 61.6 Å². The fraction of sp³-hybridized carbons (Fsp3) is 0.222. The molecule has 74 valence electrons. The second kappa shape index (κ2) is 3.59. The number of benzene rings is 1. The van der Waals surface area contributed by atoms with Gasteiger partial charge in [0.2, 0.25) is 6.79 Å². The maximum absolute atomic E-state index is 11.3. The van der Waals surface area contributed by atoms with Crippen molar-refractivity contribution in [3.05, 3.63) is 22.2 Å². The molecule has 0 spiro atoms. The summed E-state index contributed by atoms with van der Waals surface area (Å²) in [5.74, 6) is 1.10. The van der Waals surface area contributed by atoms with Gasteiger partial charge in [-0.05, 0) is 28.1 Å². The molecule has 1 aliphatic heterocycles. The van der Waals surface area contributed by atoms with E-state index in [0.717, 1.165) is 0 Å². The first kappa shape index (κ1) is 9.48. The van der Waals surface area contributed by atoms with Gasteiger partial charge in [-0.1, -0.05) is 0 Å². The van der Waals surface area contributed by atoms with Gasteiger partial charge in [-0.2, -0.15) is 0 Å². The first-order valence-corrected chi connectivity index (χ1v) is 4.84. The molecule has 14 heavy (non-hydrogen) atoms. The smallest absolute Gasteiger partial charge is 0.231 e. The third kappa shape index (κ3) is 1.49. The predicted molar refractivity (Wildman–Crippen MR) is 53.6 cm³/mol. The third-order valence-corrected chi connectivity index (χ3v) is 2.52. The summed E-state index contributed by atoms with van der Waals surface area (Å²) in [6.45, 7) is 0.181. The third-order valence-electron chi connectivity index (χ3n) is 1.93. The van der Waals surface area contributed by atoms with Crippen molar-refractivity contribution in [3.8, 4) is 11.5 Å². The van der Waals surface area contributed by atoms with E-state index >= 15 is 0 Å². The Balaban J connectivity index is 2.46. The number of ether oxygens (including phenoxy) is 2. The lowest BCUT2D eigenvalue weighted by atomic mass is 10.1. The molecule has 0 aromatic heterocycles. The molecular formula is C9H8BrNO3. The van der Waals surface area contributed by atoms with Crippen LogP contribution in [0.4, 0.5) is 0 Å². The van der Waals surface area contributed by atoms with Crippen molar-refractivity contribution < 1.29 is 14.3 Å². The van der Waals surface area contributed by atoms with Crippen LogP contribution in [0.15, 0.2) is 16.6 Å². The van der Waals surface area contributed by atoms with Gasteiger partial charge in [0.1, 0.15) is 0 Å². The minimum Gasteiger partial charge on any atom is -0.454 e. The second-order valence-electron chi connectivity index (χ2n) is 2.82. The molecule has 0 radical (unpaired) electrons. The van der Waals surface area contributed by atoms with Crippen LogP contribution in [0.5, 0.6) is 11.5 Å². The lowest BCUT2D eigenvalue weighted by molar-refractivity contribution is 0.100. The number of hydrogen-bond donors (Lipinski definition) is 1. The summed E-state index contributed by atoms with van der Waals surface area (Å²) in [6.07, 6.45) is 0. The van der Waals surface area contributed by atoms with Crippen LogP contribution in [0.1, 0.15) is 10.4 Å². The molecule has 5 heteroatoms. The highest BCUT2D eigenvalue weighted by molar-refractivity contribution is 9.10. The summed E-state index contributed by atoms with van der Waals surface area (Å²) in [5, 5.41) is 0. The standard InChI is InChI=1S/C9H8BrNO3/c10-6-1-5(7(12)3-11)2-8-9(6)14-4-13-8/h1-2H,3-4,11H2. The van der Waals surface area contributed by atoms with Crippen molar-refractivity contribution in [3.63, 3.8) is 0 Å². The van der Waals surface area contributed by atoms with Crippen LogP contribution < -0.4 is 15.2 Å². The molecule has 2 rings (SSSR count). The van der Waals surface area contributed by atoms with Crippen LogP contribution in [0.3, 0.4) is 0 Å². The largest absolute Gasteiger partial charge is 0.454 e. The SMILES string of the molecule is NCC(=O)c1cc(Br)c2c(c1)OCO2. The number of carbonyl (C=O) groups is 1. The van der Waals surface area contributed by atoms with Crippen molar-refractivity contribution in [2.45, 2.75) is 0 Å². The number of fused-ring (bicyclic) bond motifs is 1. The fourth-order valence-corrected chi connectivity index (χ4v) is 1.80. The minimum atomic E-state index is -0.121. The van der Waals surface area contributed by atoms with E-state index in [-0.39, 0.29) is 19.1 Å². The van der Waals surface area contributed by atoms with E-state index in [4.69, 9.17) is 15.2 Å². The molecule has 0 atom stereocenters. The summed E-state index contributed by atoms with van der Waals surface area (Å²) in [4.78, 5) is 11.3. The number of halogens is 1. The Bertz CT molecular complexity index is 392. The maximum atomic E-state index is 11.3. The van der Waals surface area contributed by atoms with Crippen LogP contribution in [-0.2, 0) is 0 Å². The molecule has 0 aliphatic carbocycles. The quantitative estimate of drug-likeness (QED) is 0.812. The minimum absolute atomic E-state index is 0.00785. The molecule has 0 saturated heterocycles. The van der Waals surface area contributed by atoms with Crippen molar-refractivity contribution in [1.29, 1.82) is 0 Å². The molecular weight excluding hydrogens is 250 g/mol. The van der Waals surface area contributed by atoms with E-state index in [1.54, 1.807) is 12.1 Å². The Morgan fingerprint density at radius 3 is 3.00 bits per heavy atom. The van der Waals surface area contributed by atoms with Gasteiger partial charge in [-0.3, -0.25) is 4.79 Å². The van der Waals surface area contributed by atoms with Gasteiger partial charge in [0, 0.05) is 5.56 Å². The molecule has 0 saturated carbocycles. The van der Waals surface area contributed by atoms with Gasteiger partial charge in [0.05, 0.1) is 11.0 Å². The van der Waals surface area contributed by atoms with Crippen LogP contribution in [0.2, 0.25) is 0 Å². The van der Waals surface area contributed by atoms with Crippen molar-refractivity contribution >= 4 is 21.7 Å². The Kier molecular flexibility index (Phi) is 2.43. The van der Waals surface area contributed by atoms with Gasteiger partial charge >= 0.3 is 0 Å². The highest BCUT2D eigenvalue weighted by Gasteiger charge is 2.19. The van der Waals surface area contributed by atoms with Gasteiger partial charge < -0.3 is 15.2 Å². The molecule has 2 N–H and O–H groups in total. The number of nitrogens with two attached hydrogens (primary N) is 1. The molecule has 0 bridgehead atoms. The lowest BCUT2D eigenvalue weighted by Gasteiger charge is -2.02. The molecule has 1 aromatic carbocycles. The van der Waals surface area contributed by atoms with Gasteiger partial charge in [0.25, 0.3) is 0 Å². The van der Waals surface area contributed by atoms with E-state index in [1.165, 1.54) is 0 Å². The van der Waals surface area contributed by atoms with Crippen LogP contribution in [0, 0.1) is 0 Å². The number of rotatable bonds is 2. The van der Waals surface area contributed by atoms with Crippen LogP contribution in [-0.4, -0.2) is 19.1 Å². The first-order chi connectivity index (χ1) is 6.72. The molecule has 1 aliphatic rings. The van der Waals surface area contributed by atoms with Gasteiger partial charge in [-0.15, -0.1) is 0 Å². The monoisotopic (exact) mass is 257 g/mol. The number of Topliss-reactive ketones (excluding diaryl/α,β-unsaturated/α-hetero) is 1. The highest BCUT2D eigenvalue weighted by atomic mass is 79.9. The highest BCUT2D eigenvalue weighted by Crippen LogP contribution is 2.39. The van der Waals surface area contributed by atoms with Crippen molar-refractivity contribution in [2.75, 3.05) is 13.3 Å². The zero-order valence-corrected chi connectivity index (χ0v) is 8.83. The van der Waals surface area contributed by atoms with Gasteiger partial charge in [-0.25, -0.2) is 0 Å². The second-order valence-corrected chi connectivity index (χ2v) is 3.67. The van der Waals surface area contributed by atoms with Crippen LogP contribution in [0.25, 0.3) is 0 Å². The average molecular weight is 258 g/mol. The van der Waals surface area contributed by atoms with Gasteiger partial charge in [0.15, 0.2) is 17.3 Å². The zero-order valence-electron chi connectivity index (χ0n) is 7.25. The number of carbonyl (C=O) groups excluding carboxylic acids is 1. The van der Waals surface area contributed by atoms with E-state index in [2.05, 4.69) is 15.9 Å². The van der Waals surface area contributed by atoms with Crippen LogP contribution >= 0.6 is 15.9 Å². The van der Waals surface area contributed by atoms with E-state index in [1.807, 2.05) is 0 Å². The van der Waals surface area contributed by atoms with Crippen molar-refractivity contribution in [1.82, 2.24) is 0 Å². The van der Waals surface area contributed by atoms with Crippen molar-refractivity contribution in [2.24, 2.45) is 5.73 Å². The lowest BCUT2D eigenvalue weighted by Crippen LogP contribution is -2.13. The molecule has 4 nitrogen and oxygen atoms in total. The predicted octanol–water partition coefficient (Wildman–Crippen LogP) is 1.32. The molecule has 1 aromatic rings. The molecule has 1 heterocycles. The normalized spacial score (nSPS) is 13.0. The first-order valence-electron chi connectivity index (χ1n) is 4.05. The fourth-order valence-electron chi connectivity index (χ4n) is 1.25.